The van der Waals surface area contributed by atoms with Gasteiger partial charge >= 0.3 is 0 Å². The third-order valence-corrected chi connectivity index (χ3v) is 3.47. The summed E-state index contributed by atoms with van der Waals surface area (Å²) >= 11 is 8.96. The lowest BCUT2D eigenvalue weighted by Gasteiger charge is -2.15. The summed E-state index contributed by atoms with van der Waals surface area (Å²) in [7, 11) is 1.62. The number of hydrogen-bond acceptors (Lipinski definition) is 3. The second-order valence-corrected chi connectivity index (χ2v) is 4.61. The third kappa shape index (κ3) is 3.27. The molecule has 0 saturated carbocycles. The van der Waals surface area contributed by atoms with Crippen LogP contribution in [-0.2, 0) is 0 Å². The fourth-order valence-electron chi connectivity index (χ4n) is 1.35. The lowest BCUT2D eigenvalue weighted by Crippen LogP contribution is -2.21. The smallest absolute Gasteiger partial charge is 0.145 e. The summed E-state index contributed by atoms with van der Waals surface area (Å²) in [5.41, 5.74) is 1.88. The van der Waals surface area contributed by atoms with E-state index >= 15 is 0 Å². The number of ether oxygens (including phenoxy) is 1. The Hall–Kier alpha value is -0.450. The minimum atomic E-state index is -0.560. The fourth-order valence-corrected chi connectivity index (χ4v) is 1.77. The summed E-state index contributed by atoms with van der Waals surface area (Å²) in [6.45, 7) is 2.37. The summed E-state index contributed by atoms with van der Waals surface area (Å²) in [5.74, 6) is 0.987. The maximum atomic E-state index is 9.36. The molecule has 3 nitrogen and oxygen atoms in total. The SMILES string of the molecule is COc1c(NCC(O)CCl)ccc(Br)c1C. The zero-order valence-electron chi connectivity index (χ0n) is 9.26. The van der Waals surface area contributed by atoms with Crippen LogP contribution in [0.4, 0.5) is 5.69 Å². The van der Waals surface area contributed by atoms with Crippen LogP contribution in [0.5, 0.6) is 5.75 Å². The van der Waals surface area contributed by atoms with Crippen LogP contribution >= 0.6 is 27.5 Å². The fraction of sp³-hybridized carbons (Fsp3) is 0.455. The number of hydrogen-bond donors (Lipinski definition) is 2. The lowest BCUT2D eigenvalue weighted by molar-refractivity contribution is 0.211. The molecule has 1 aromatic carbocycles. The highest BCUT2D eigenvalue weighted by Crippen LogP contribution is 2.33. The molecule has 0 saturated heterocycles. The van der Waals surface area contributed by atoms with Gasteiger partial charge in [-0.15, -0.1) is 11.6 Å². The van der Waals surface area contributed by atoms with E-state index in [1.165, 1.54) is 0 Å². The van der Waals surface area contributed by atoms with Gasteiger partial charge in [0.05, 0.1) is 24.8 Å². The number of benzene rings is 1. The molecule has 0 aromatic heterocycles. The Morgan fingerprint density at radius 1 is 1.56 bits per heavy atom. The number of nitrogens with one attached hydrogen (secondary N) is 1. The second kappa shape index (κ2) is 6.33. The number of anilines is 1. The van der Waals surface area contributed by atoms with Gasteiger partial charge in [-0.2, -0.15) is 0 Å². The number of aliphatic hydroxyl groups excluding tert-OH is 1. The first kappa shape index (κ1) is 13.6. The van der Waals surface area contributed by atoms with Crippen LogP contribution in [0.2, 0.25) is 0 Å². The number of methoxy groups -OCH3 is 1. The van der Waals surface area contributed by atoms with E-state index in [2.05, 4.69) is 21.2 Å². The van der Waals surface area contributed by atoms with Gasteiger partial charge in [0.15, 0.2) is 0 Å². The lowest BCUT2D eigenvalue weighted by atomic mass is 10.2. The van der Waals surface area contributed by atoms with E-state index < -0.39 is 6.10 Å². The van der Waals surface area contributed by atoms with Crippen LogP contribution in [0.15, 0.2) is 16.6 Å². The maximum absolute atomic E-state index is 9.36. The van der Waals surface area contributed by atoms with Gasteiger partial charge in [-0.1, -0.05) is 15.9 Å². The summed E-state index contributed by atoms with van der Waals surface area (Å²) < 4.78 is 6.31. The molecule has 16 heavy (non-hydrogen) atoms. The van der Waals surface area contributed by atoms with E-state index in [-0.39, 0.29) is 5.88 Å². The van der Waals surface area contributed by atoms with E-state index in [1.807, 2.05) is 19.1 Å². The monoisotopic (exact) mass is 307 g/mol. The molecule has 90 valence electrons. The van der Waals surface area contributed by atoms with Crippen molar-refractivity contribution in [2.45, 2.75) is 13.0 Å². The van der Waals surface area contributed by atoms with Crippen molar-refractivity contribution in [3.05, 3.63) is 22.2 Å². The van der Waals surface area contributed by atoms with E-state index in [4.69, 9.17) is 16.3 Å². The van der Waals surface area contributed by atoms with Gasteiger partial charge < -0.3 is 15.2 Å². The van der Waals surface area contributed by atoms with Gasteiger partial charge in [0.1, 0.15) is 5.75 Å². The molecule has 0 heterocycles. The molecule has 0 aliphatic carbocycles. The highest BCUT2D eigenvalue weighted by atomic mass is 79.9. The predicted molar refractivity (Wildman–Crippen MR) is 70.6 cm³/mol. The van der Waals surface area contributed by atoms with Crippen molar-refractivity contribution in [1.29, 1.82) is 0 Å². The van der Waals surface area contributed by atoms with Crippen LogP contribution in [0.1, 0.15) is 5.56 Å². The molecular weight excluding hydrogens is 293 g/mol. The Bertz CT molecular complexity index is 360. The first-order chi connectivity index (χ1) is 7.60. The molecule has 1 rings (SSSR count). The Balaban J connectivity index is 2.84. The number of aliphatic hydroxyl groups is 1. The molecule has 1 atom stereocenters. The Morgan fingerprint density at radius 2 is 2.25 bits per heavy atom. The van der Waals surface area contributed by atoms with Crippen LogP contribution in [0, 0.1) is 6.92 Å². The van der Waals surface area contributed by atoms with Crippen LogP contribution in [0.25, 0.3) is 0 Å². The highest BCUT2D eigenvalue weighted by molar-refractivity contribution is 9.10. The van der Waals surface area contributed by atoms with Gasteiger partial charge in [-0.25, -0.2) is 0 Å². The summed E-state index contributed by atoms with van der Waals surface area (Å²) in [5, 5.41) is 12.5. The average Bonchev–Trinajstić information content (AvgIpc) is 2.30. The molecule has 0 fully saturated rings. The van der Waals surface area contributed by atoms with Gasteiger partial charge in [0, 0.05) is 16.6 Å². The van der Waals surface area contributed by atoms with E-state index in [1.54, 1.807) is 7.11 Å². The highest BCUT2D eigenvalue weighted by Gasteiger charge is 2.10. The van der Waals surface area contributed by atoms with Crippen molar-refractivity contribution >= 4 is 33.2 Å². The zero-order chi connectivity index (χ0) is 12.1. The van der Waals surface area contributed by atoms with Crippen molar-refractivity contribution in [1.82, 2.24) is 0 Å². The zero-order valence-corrected chi connectivity index (χ0v) is 11.6. The summed E-state index contributed by atoms with van der Waals surface area (Å²) in [6.07, 6.45) is -0.560. The molecule has 0 amide bonds. The second-order valence-electron chi connectivity index (χ2n) is 3.44. The number of halogens is 2. The molecule has 1 aromatic rings. The van der Waals surface area contributed by atoms with Gasteiger partial charge in [-0.05, 0) is 19.1 Å². The Labute approximate surface area is 109 Å². The van der Waals surface area contributed by atoms with Crippen molar-refractivity contribution in [3.63, 3.8) is 0 Å². The molecule has 5 heteroatoms. The molecular formula is C11H15BrClNO2. The van der Waals surface area contributed by atoms with Crippen LogP contribution < -0.4 is 10.1 Å². The average molecular weight is 309 g/mol. The standard InChI is InChI=1S/C11H15BrClNO2/c1-7-9(12)3-4-10(11(7)16-2)14-6-8(15)5-13/h3-4,8,14-15H,5-6H2,1-2H3. The number of alkyl halides is 1. The molecule has 0 radical (unpaired) electrons. The van der Waals surface area contributed by atoms with Gasteiger partial charge in [0.2, 0.25) is 0 Å². The normalized spacial score (nSPS) is 12.3. The number of rotatable bonds is 5. The van der Waals surface area contributed by atoms with Crippen molar-refractivity contribution in [2.24, 2.45) is 0 Å². The molecule has 0 spiro atoms. The Morgan fingerprint density at radius 3 is 2.81 bits per heavy atom. The summed E-state index contributed by atoms with van der Waals surface area (Å²) in [6, 6.07) is 3.84. The predicted octanol–water partition coefficient (Wildman–Crippen LogP) is 2.78. The van der Waals surface area contributed by atoms with Gasteiger partial charge in [0.25, 0.3) is 0 Å². The van der Waals surface area contributed by atoms with E-state index in [0.717, 1.165) is 21.5 Å². The van der Waals surface area contributed by atoms with Gasteiger partial charge in [-0.3, -0.25) is 0 Å². The topological polar surface area (TPSA) is 41.5 Å². The van der Waals surface area contributed by atoms with Crippen LogP contribution in [0.3, 0.4) is 0 Å². The minimum absolute atomic E-state index is 0.213. The first-order valence-corrected chi connectivity index (χ1v) is 6.24. The quantitative estimate of drug-likeness (QED) is 0.822. The molecule has 2 N–H and O–H groups in total. The van der Waals surface area contributed by atoms with Crippen molar-refractivity contribution in [2.75, 3.05) is 24.9 Å². The van der Waals surface area contributed by atoms with E-state index in [0.29, 0.717) is 6.54 Å². The summed E-state index contributed by atoms with van der Waals surface area (Å²) in [4.78, 5) is 0. The molecule has 0 aliphatic rings. The van der Waals surface area contributed by atoms with Crippen molar-refractivity contribution < 1.29 is 9.84 Å². The molecule has 0 bridgehead atoms. The van der Waals surface area contributed by atoms with Crippen molar-refractivity contribution in [3.8, 4) is 5.75 Å². The van der Waals surface area contributed by atoms with E-state index in [9.17, 15) is 5.11 Å². The Kier molecular flexibility index (Phi) is 5.38. The third-order valence-electron chi connectivity index (χ3n) is 2.25. The van der Waals surface area contributed by atoms with Crippen LogP contribution in [-0.4, -0.2) is 30.7 Å². The maximum Gasteiger partial charge on any atom is 0.145 e. The molecule has 1 unspecified atom stereocenters. The first-order valence-electron chi connectivity index (χ1n) is 4.91. The largest absolute Gasteiger partial charge is 0.494 e. The molecule has 0 aliphatic heterocycles. The minimum Gasteiger partial charge on any atom is -0.494 e.